The Kier molecular flexibility index (Phi) is 3.60. The van der Waals surface area contributed by atoms with E-state index in [1.807, 2.05) is 28.9 Å². The van der Waals surface area contributed by atoms with Crippen molar-refractivity contribution >= 4 is 11.1 Å². The van der Waals surface area contributed by atoms with Gasteiger partial charge in [-0.2, -0.15) is 5.10 Å². The highest BCUT2D eigenvalue weighted by Crippen LogP contribution is 2.22. The van der Waals surface area contributed by atoms with Crippen LogP contribution in [-0.2, 0) is 13.1 Å². The maximum absolute atomic E-state index is 5.87. The topological polar surface area (TPSA) is 60.0 Å². The second-order valence-corrected chi connectivity index (χ2v) is 5.81. The molecule has 1 aliphatic heterocycles. The Bertz CT molecular complexity index is 703. The molecule has 3 aromatic rings. The quantitative estimate of drug-likeness (QED) is 0.740. The Morgan fingerprint density at radius 2 is 2.18 bits per heavy atom. The number of hydrogen-bond acceptors (Lipinski definition) is 5. The van der Waals surface area contributed by atoms with Gasteiger partial charge in [-0.3, -0.25) is 9.58 Å². The number of fused-ring (bicyclic) bond motifs is 1. The van der Waals surface area contributed by atoms with Gasteiger partial charge in [-0.25, -0.2) is 9.97 Å². The summed E-state index contributed by atoms with van der Waals surface area (Å²) in [5.74, 6) is 0.798. The first kappa shape index (κ1) is 13.5. The van der Waals surface area contributed by atoms with Crippen molar-refractivity contribution in [1.82, 2.24) is 24.6 Å². The molecular weight excluding hydrogens is 278 g/mol. The van der Waals surface area contributed by atoms with E-state index in [-0.39, 0.29) is 0 Å². The van der Waals surface area contributed by atoms with E-state index >= 15 is 0 Å². The van der Waals surface area contributed by atoms with Gasteiger partial charge in [0.25, 0.3) is 0 Å². The second kappa shape index (κ2) is 5.88. The summed E-state index contributed by atoms with van der Waals surface area (Å²) >= 11 is 0. The van der Waals surface area contributed by atoms with Crippen molar-refractivity contribution < 1.29 is 4.42 Å². The maximum Gasteiger partial charge on any atom is 0.209 e. The van der Waals surface area contributed by atoms with E-state index in [4.69, 9.17) is 4.42 Å². The van der Waals surface area contributed by atoms with E-state index < -0.39 is 0 Å². The van der Waals surface area contributed by atoms with Gasteiger partial charge < -0.3 is 4.42 Å². The lowest BCUT2D eigenvalue weighted by Crippen LogP contribution is -2.41. The molecule has 0 bridgehead atoms. The number of oxazole rings is 1. The minimum Gasteiger partial charge on any atom is -0.439 e. The molecule has 6 nitrogen and oxygen atoms in total. The van der Waals surface area contributed by atoms with Gasteiger partial charge in [-0.15, -0.1) is 0 Å². The summed E-state index contributed by atoms with van der Waals surface area (Å²) < 4.78 is 7.78. The molecule has 0 N–H and O–H groups in total. The van der Waals surface area contributed by atoms with Crippen LogP contribution in [0, 0.1) is 0 Å². The standard InChI is InChI=1S/C16H19N5O/c1-2-7-15-14(6-1)19-16(22-15)10-20-8-4-3-5-13(20)9-21-12-17-11-18-21/h1-2,6-7,11-13H,3-5,8-10H2/t13-/m1/s1. The normalized spacial score (nSPS) is 19.7. The molecule has 0 saturated carbocycles. The van der Waals surface area contributed by atoms with E-state index in [0.717, 1.165) is 36.6 Å². The molecule has 3 heterocycles. The Hall–Kier alpha value is -2.21. The molecular formula is C16H19N5O. The van der Waals surface area contributed by atoms with Crippen LogP contribution in [0.15, 0.2) is 41.3 Å². The van der Waals surface area contributed by atoms with E-state index in [1.54, 1.807) is 12.7 Å². The van der Waals surface area contributed by atoms with Crippen molar-refractivity contribution in [1.29, 1.82) is 0 Å². The third-order valence-corrected chi connectivity index (χ3v) is 4.29. The molecule has 0 amide bonds. The number of hydrogen-bond donors (Lipinski definition) is 0. The first-order valence-electron chi connectivity index (χ1n) is 7.79. The van der Waals surface area contributed by atoms with Crippen LogP contribution in [0.4, 0.5) is 0 Å². The predicted molar refractivity (Wildman–Crippen MR) is 82.1 cm³/mol. The van der Waals surface area contributed by atoms with Crippen LogP contribution in [-0.4, -0.2) is 37.2 Å². The van der Waals surface area contributed by atoms with Crippen molar-refractivity contribution in [3.8, 4) is 0 Å². The van der Waals surface area contributed by atoms with Gasteiger partial charge in [0.1, 0.15) is 18.2 Å². The Labute approximate surface area is 128 Å². The highest BCUT2D eigenvalue weighted by molar-refractivity contribution is 5.72. The van der Waals surface area contributed by atoms with Crippen LogP contribution in [0.25, 0.3) is 11.1 Å². The zero-order valence-electron chi connectivity index (χ0n) is 12.4. The predicted octanol–water partition coefficient (Wildman–Crippen LogP) is 2.47. The van der Waals surface area contributed by atoms with Crippen LogP contribution >= 0.6 is 0 Å². The molecule has 1 atom stereocenters. The summed E-state index contributed by atoms with van der Waals surface area (Å²) in [5.41, 5.74) is 1.80. The van der Waals surface area contributed by atoms with E-state index in [1.165, 1.54) is 19.3 Å². The van der Waals surface area contributed by atoms with Gasteiger partial charge in [0.2, 0.25) is 5.89 Å². The molecule has 0 unspecified atom stereocenters. The van der Waals surface area contributed by atoms with Gasteiger partial charge in [-0.05, 0) is 31.5 Å². The molecule has 2 aromatic heterocycles. The number of nitrogens with zero attached hydrogens (tertiary/aromatic N) is 5. The monoisotopic (exact) mass is 297 g/mol. The van der Waals surface area contributed by atoms with Gasteiger partial charge in [-0.1, -0.05) is 18.6 Å². The molecule has 1 aromatic carbocycles. The second-order valence-electron chi connectivity index (χ2n) is 5.81. The first-order chi connectivity index (χ1) is 10.9. The summed E-state index contributed by atoms with van der Waals surface area (Å²) in [5, 5.41) is 4.23. The number of aromatic nitrogens is 4. The summed E-state index contributed by atoms with van der Waals surface area (Å²) in [4.78, 5) is 11.1. The average molecular weight is 297 g/mol. The zero-order chi connectivity index (χ0) is 14.8. The van der Waals surface area contributed by atoms with Crippen LogP contribution in [0.3, 0.4) is 0 Å². The number of para-hydroxylation sites is 2. The van der Waals surface area contributed by atoms with Gasteiger partial charge >= 0.3 is 0 Å². The molecule has 0 aliphatic carbocycles. The lowest BCUT2D eigenvalue weighted by Gasteiger charge is -2.34. The third kappa shape index (κ3) is 2.74. The fourth-order valence-electron chi connectivity index (χ4n) is 3.18. The maximum atomic E-state index is 5.87. The minimum absolute atomic E-state index is 0.463. The molecule has 0 radical (unpaired) electrons. The average Bonchev–Trinajstić information content (AvgIpc) is 3.18. The molecule has 1 fully saturated rings. The van der Waals surface area contributed by atoms with Crippen LogP contribution < -0.4 is 0 Å². The van der Waals surface area contributed by atoms with Gasteiger partial charge in [0, 0.05) is 6.04 Å². The molecule has 1 saturated heterocycles. The Balaban J connectivity index is 1.51. The van der Waals surface area contributed by atoms with Crippen molar-refractivity contribution in [3.63, 3.8) is 0 Å². The zero-order valence-corrected chi connectivity index (χ0v) is 12.4. The fraction of sp³-hybridized carbons (Fsp3) is 0.438. The summed E-state index contributed by atoms with van der Waals surface area (Å²) in [6, 6.07) is 8.39. The lowest BCUT2D eigenvalue weighted by molar-refractivity contribution is 0.112. The van der Waals surface area contributed by atoms with Crippen molar-refractivity contribution in [2.24, 2.45) is 0 Å². The highest BCUT2D eigenvalue weighted by Gasteiger charge is 2.24. The Morgan fingerprint density at radius 1 is 1.23 bits per heavy atom. The van der Waals surface area contributed by atoms with E-state index in [2.05, 4.69) is 20.0 Å². The van der Waals surface area contributed by atoms with E-state index in [9.17, 15) is 0 Å². The smallest absolute Gasteiger partial charge is 0.209 e. The number of rotatable bonds is 4. The number of benzene rings is 1. The number of likely N-dealkylation sites (tertiary alicyclic amines) is 1. The van der Waals surface area contributed by atoms with Crippen LogP contribution in [0.2, 0.25) is 0 Å². The molecule has 114 valence electrons. The molecule has 0 spiro atoms. The van der Waals surface area contributed by atoms with Crippen molar-refractivity contribution in [2.75, 3.05) is 6.54 Å². The summed E-state index contributed by atoms with van der Waals surface area (Å²) in [7, 11) is 0. The summed E-state index contributed by atoms with van der Waals surface area (Å²) in [6.45, 7) is 2.71. The third-order valence-electron chi connectivity index (χ3n) is 4.29. The first-order valence-corrected chi connectivity index (χ1v) is 7.79. The molecule has 22 heavy (non-hydrogen) atoms. The lowest BCUT2D eigenvalue weighted by atomic mass is 10.0. The van der Waals surface area contributed by atoms with Crippen LogP contribution in [0.1, 0.15) is 25.2 Å². The minimum atomic E-state index is 0.463. The highest BCUT2D eigenvalue weighted by atomic mass is 16.3. The van der Waals surface area contributed by atoms with Crippen molar-refractivity contribution in [3.05, 3.63) is 42.8 Å². The van der Waals surface area contributed by atoms with Gasteiger partial charge in [0.05, 0.1) is 13.1 Å². The molecule has 6 heteroatoms. The SMILES string of the molecule is c1ccc2oc(CN3CCCC[C@@H]3Cn3cncn3)nc2c1. The van der Waals surface area contributed by atoms with Gasteiger partial charge in [0.15, 0.2) is 5.58 Å². The largest absolute Gasteiger partial charge is 0.439 e. The molecule has 1 aliphatic rings. The molecule has 4 rings (SSSR count). The van der Waals surface area contributed by atoms with E-state index in [0.29, 0.717) is 6.04 Å². The fourth-order valence-corrected chi connectivity index (χ4v) is 3.18. The van der Waals surface area contributed by atoms with Crippen LogP contribution in [0.5, 0.6) is 0 Å². The summed E-state index contributed by atoms with van der Waals surface area (Å²) in [6.07, 6.45) is 7.05. The Morgan fingerprint density at radius 3 is 3.05 bits per heavy atom. The van der Waals surface area contributed by atoms with Crippen molar-refractivity contribution in [2.45, 2.75) is 38.4 Å². The number of piperidine rings is 1.